The molecule has 0 saturated carbocycles. The zero-order valence-electron chi connectivity index (χ0n) is 14.0. The van der Waals surface area contributed by atoms with E-state index in [9.17, 15) is 19.4 Å². The summed E-state index contributed by atoms with van der Waals surface area (Å²) in [5.74, 6) is -1.24. The van der Waals surface area contributed by atoms with Gasteiger partial charge in [0, 0.05) is 12.8 Å². The standard InChI is InChI=1S/C20H21FO4/c1-12(23)25-20-18-9-15(21)7-6-14(18)8-13-4-2-3-5-17(13)19(20)10-16(24)11-22/h2-7,9,16,19-20,22,24H,8,10-11H2,1H3/t16-,19?,20-/m1/s1. The number of rotatable bonds is 4. The molecule has 3 rings (SSSR count). The molecule has 0 aromatic heterocycles. The molecular formula is C20H21FO4. The molecule has 0 saturated heterocycles. The van der Waals surface area contributed by atoms with Crippen molar-refractivity contribution in [1.29, 1.82) is 0 Å². The smallest absolute Gasteiger partial charge is 0.303 e. The Labute approximate surface area is 145 Å². The second-order valence-electron chi connectivity index (χ2n) is 6.43. The van der Waals surface area contributed by atoms with Gasteiger partial charge < -0.3 is 14.9 Å². The van der Waals surface area contributed by atoms with Crippen LogP contribution >= 0.6 is 0 Å². The van der Waals surface area contributed by atoms with Gasteiger partial charge in [-0.25, -0.2) is 4.39 Å². The fraction of sp³-hybridized carbons (Fsp3) is 0.350. The second-order valence-corrected chi connectivity index (χ2v) is 6.43. The predicted molar refractivity (Wildman–Crippen MR) is 90.6 cm³/mol. The van der Waals surface area contributed by atoms with Crippen LogP contribution in [-0.2, 0) is 16.0 Å². The van der Waals surface area contributed by atoms with Crippen molar-refractivity contribution < 1.29 is 24.1 Å². The van der Waals surface area contributed by atoms with Gasteiger partial charge in [0.25, 0.3) is 0 Å². The van der Waals surface area contributed by atoms with Gasteiger partial charge >= 0.3 is 5.97 Å². The van der Waals surface area contributed by atoms with E-state index in [1.165, 1.54) is 19.1 Å². The highest BCUT2D eigenvalue weighted by Gasteiger charge is 2.35. The first-order valence-corrected chi connectivity index (χ1v) is 8.32. The number of hydrogen-bond acceptors (Lipinski definition) is 4. The lowest BCUT2D eigenvalue weighted by Gasteiger charge is -2.29. The van der Waals surface area contributed by atoms with Crippen LogP contribution in [0.4, 0.5) is 4.39 Å². The summed E-state index contributed by atoms with van der Waals surface area (Å²) >= 11 is 0. The van der Waals surface area contributed by atoms with Crippen LogP contribution in [0.1, 0.15) is 47.6 Å². The Kier molecular flexibility index (Phi) is 5.16. The number of benzene rings is 2. The highest BCUT2D eigenvalue weighted by Crippen LogP contribution is 2.44. The van der Waals surface area contributed by atoms with Gasteiger partial charge in [0.05, 0.1) is 12.7 Å². The average Bonchev–Trinajstić information content (AvgIpc) is 2.70. The Bertz CT molecular complexity index is 774. The first-order valence-electron chi connectivity index (χ1n) is 8.32. The Morgan fingerprint density at radius 3 is 2.68 bits per heavy atom. The van der Waals surface area contributed by atoms with Crippen LogP contribution in [0.2, 0.25) is 0 Å². The van der Waals surface area contributed by atoms with Gasteiger partial charge in [-0.05, 0) is 47.2 Å². The molecule has 0 heterocycles. The maximum Gasteiger partial charge on any atom is 0.303 e. The second kappa shape index (κ2) is 7.33. The van der Waals surface area contributed by atoms with Gasteiger partial charge in [0.1, 0.15) is 11.9 Å². The van der Waals surface area contributed by atoms with Gasteiger partial charge in [-0.2, -0.15) is 0 Å². The molecule has 0 aliphatic heterocycles. The van der Waals surface area contributed by atoms with Crippen LogP contribution in [-0.4, -0.2) is 28.9 Å². The highest BCUT2D eigenvalue weighted by atomic mass is 19.1. The van der Waals surface area contributed by atoms with E-state index in [-0.39, 0.29) is 18.9 Å². The number of halogens is 1. The summed E-state index contributed by atoms with van der Waals surface area (Å²) < 4.78 is 19.5. The highest BCUT2D eigenvalue weighted by molar-refractivity contribution is 5.66. The number of aliphatic hydroxyl groups is 2. The van der Waals surface area contributed by atoms with Crippen LogP contribution in [0.25, 0.3) is 0 Å². The third-order valence-corrected chi connectivity index (χ3v) is 4.65. The summed E-state index contributed by atoms with van der Waals surface area (Å²) in [6, 6.07) is 12.2. The molecule has 0 spiro atoms. The Hall–Kier alpha value is -2.24. The number of ether oxygens (including phenoxy) is 1. The molecule has 0 fully saturated rings. The molecule has 1 unspecified atom stereocenters. The maximum absolute atomic E-state index is 13.9. The fourth-order valence-electron chi connectivity index (χ4n) is 3.58. The lowest BCUT2D eigenvalue weighted by molar-refractivity contribution is -0.148. The molecule has 2 aromatic carbocycles. The molecule has 0 amide bonds. The number of carbonyl (C=O) groups excluding carboxylic acids is 1. The summed E-state index contributed by atoms with van der Waals surface area (Å²) in [6.07, 6.45) is -0.865. The largest absolute Gasteiger partial charge is 0.457 e. The van der Waals surface area contributed by atoms with Crippen LogP contribution in [0.3, 0.4) is 0 Å². The van der Waals surface area contributed by atoms with Crippen molar-refractivity contribution >= 4 is 5.97 Å². The molecule has 25 heavy (non-hydrogen) atoms. The van der Waals surface area contributed by atoms with Gasteiger partial charge in [0.2, 0.25) is 0 Å². The van der Waals surface area contributed by atoms with Crippen molar-refractivity contribution in [2.75, 3.05) is 6.61 Å². The van der Waals surface area contributed by atoms with Crippen molar-refractivity contribution in [3.05, 3.63) is 70.5 Å². The molecule has 1 aliphatic carbocycles. The minimum Gasteiger partial charge on any atom is -0.457 e. The van der Waals surface area contributed by atoms with E-state index in [1.54, 1.807) is 6.07 Å². The van der Waals surface area contributed by atoms with E-state index in [2.05, 4.69) is 0 Å². The first kappa shape index (κ1) is 17.6. The minimum atomic E-state index is -0.953. The first-order chi connectivity index (χ1) is 12.0. The Morgan fingerprint density at radius 2 is 1.96 bits per heavy atom. The summed E-state index contributed by atoms with van der Waals surface area (Å²) in [4.78, 5) is 11.7. The van der Waals surface area contributed by atoms with Crippen molar-refractivity contribution in [3.8, 4) is 0 Å². The van der Waals surface area contributed by atoms with E-state index in [0.29, 0.717) is 12.0 Å². The molecule has 0 bridgehead atoms. The number of fused-ring (bicyclic) bond motifs is 2. The number of carbonyl (C=O) groups is 1. The third kappa shape index (κ3) is 3.72. The molecule has 2 aromatic rings. The molecule has 2 N–H and O–H groups in total. The molecule has 1 aliphatic rings. The van der Waals surface area contributed by atoms with Crippen LogP contribution in [0.15, 0.2) is 42.5 Å². The van der Waals surface area contributed by atoms with Gasteiger partial charge in [-0.1, -0.05) is 30.3 Å². The van der Waals surface area contributed by atoms with Gasteiger partial charge in [-0.15, -0.1) is 0 Å². The Morgan fingerprint density at radius 1 is 1.24 bits per heavy atom. The van der Waals surface area contributed by atoms with E-state index in [0.717, 1.165) is 16.7 Å². The van der Waals surface area contributed by atoms with Crippen LogP contribution < -0.4 is 0 Å². The fourth-order valence-corrected chi connectivity index (χ4v) is 3.58. The van der Waals surface area contributed by atoms with E-state index in [4.69, 9.17) is 4.74 Å². The topological polar surface area (TPSA) is 66.8 Å². The predicted octanol–water partition coefficient (Wildman–Crippen LogP) is 2.86. The lowest BCUT2D eigenvalue weighted by atomic mass is 9.84. The zero-order valence-corrected chi connectivity index (χ0v) is 14.0. The normalized spacial score (nSPS) is 20.2. The minimum absolute atomic E-state index is 0.210. The van der Waals surface area contributed by atoms with Crippen molar-refractivity contribution in [3.63, 3.8) is 0 Å². The van der Waals surface area contributed by atoms with Crippen LogP contribution in [0.5, 0.6) is 0 Å². The number of aliphatic hydroxyl groups excluding tert-OH is 2. The zero-order chi connectivity index (χ0) is 18.0. The Balaban J connectivity index is 2.17. The molecule has 3 atom stereocenters. The van der Waals surface area contributed by atoms with Crippen molar-refractivity contribution in [2.24, 2.45) is 0 Å². The molecule has 132 valence electrons. The molecule has 0 radical (unpaired) electrons. The summed E-state index contributed by atoms with van der Waals surface area (Å²) in [5, 5.41) is 19.3. The maximum atomic E-state index is 13.9. The third-order valence-electron chi connectivity index (χ3n) is 4.65. The lowest BCUT2D eigenvalue weighted by Crippen LogP contribution is -2.24. The monoisotopic (exact) mass is 344 g/mol. The van der Waals surface area contributed by atoms with E-state index in [1.807, 2.05) is 24.3 Å². The van der Waals surface area contributed by atoms with E-state index >= 15 is 0 Å². The van der Waals surface area contributed by atoms with Gasteiger partial charge in [-0.3, -0.25) is 4.79 Å². The van der Waals surface area contributed by atoms with Crippen LogP contribution in [0, 0.1) is 5.82 Å². The summed E-state index contributed by atoms with van der Waals surface area (Å²) in [5.41, 5.74) is 3.49. The van der Waals surface area contributed by atoms with Gasteiger partial charge in [0.15, 0.2) is 0 Å². The average molecular weight is 344 g/mol. The summed E-state index contributed by atoms with van der Waals surface area (Å²) in [6.45, 7) is 0.927. The molecular weight excluding hydrogens is 323 g/mol. The molecule has 5 heteroatoms. The SMILES string of the molecule is CC(=O)O[C@@H]1c2cc(F)ccc2Cc2ccccc2C1C[C@@H](O)CO. The van der Waals surface area contributed by atoms with Crippen molar-refractivity contribution in [2.45, 2.75) is 37.9 Å². The number of esters is 1. The van der Waals surface area contributed by atoms with E-state index < -0.39 is 24.0 Å². The van der Waals surface area contributed by atoms with Crippen molar-refractivity contribution in [1.82, 2.24) is 0 Å². The summed E-state index contributed by atoms with van der Waals surface area (Å²) in [7, 11) is 0. The quantitative estimate of drug-likeness (QED) is 0.837. The number of hydrogen-bond donors (Lipinski definition) is 2. The molecule has 4 nitrogen and oxygen atoms in total.